The van der Waals surface area contributed by atoms with Crippen LogP contribution >= 0.6 is 0 Å². The maximum absolute atomic E-state index is 10.5. The third-order valence-electron chi connectivity index (χ3n) is 1.62. The van der Waals surface area contributed by atoms with Crippen molar-refractivity contribution in [2.45, 2.75) is 0 Å². The molecule has 7 nitrogen and oxygen atoms in total. The summed E-state index contributed by atoms with van der Waals surface area (Å²) in [6.45, 7) is 0. The van der Waals surface area contributed by atoms with Crippen LogP contribution < -0.4 is 33.4 Å². The van der Waals surface area contributed by atoms with Crippen molar-refractivity contribution in [1.29, 1.82) is 0 Å². The van der Waals surface area contributed by atoms with E-state index in [1.807, 2.05) is 0 Å². The van der Waals surface area contributed by atoms with Gasteiger partial charge < -0.3 is 33.4 Å². The molecule has 0 saturated heterocycles. The maximum Gasteiger partial charge on any atom is 0.410 e. The first-order valence-electron chi connectivity index (χ1n) is 3.63. The average molecular weight is 197 g/mol. The fraction of sp³-hybridized carbons (Fsp3) is 0. The van der Waals surface area contributed by atoms with Crippen LogP contribution in [0.3, 0.4) is 0 Å². The number of benzene rings is 1. The van der Waals surface area contributed by atoms with E-state index in [0.29, 0.717) is 0 Å². The fourth-order valence-electron chi connectivity index (χ4n) is 0.941. The van der Waals surface area contributed by atoms with Gasteiger partial charge in [0.1, 0.15) is 11.4 Å². The lowest BCUT2D eigenvalue weighted by atomic mass is 10.2. The number of carbonyl (C=O) groups excluding carboxylic acids is 1. The van der Waals surface area contributed by atoms with Crippen molar-refractivity contribution in [3.05, 3.63) is 6.07 Å². The molecule has 1 aromatic rings. The highest BCUT2D eigenvalue weighted by atomic mass is 16.5. The molecule has 1 amide bonds. The van der Waals surface area contributed by atoms with Gasteiger partial charge in [0.15, 0.2) is 5.75 Å². The standard InChI is InChI=1S/C7H11N5O2/c8-2-1-3(9)5(11)6(4(2)10)14-7(12)13/h1H,8-11H2,(H2,12,13). The molecule has 0 spiro atoms. The van der Waals surface area contributed by atoms with Crippen molar-refractivity contribution < 1.29 is 9.53 Å². The molecule has 0 fully saturated rings. The first-order chi connectivity index (χ1) is 6.43. The summed E-state index contributed by atoms with van der Waals surface area (Å²) < 4.78 is 4.57. The SMILES string of the molecule is NC(=O)Oc1c(N)c(N)cc(N)c1N. The third kappa shape index (κ3) is 1.56. The summed E-state index contributed by atoms with van der Waals surface area (Å²) in [6, 6.07) is 1.37. The molecule has 0 aliphatic rings. The van der Waals surface area contributed by atoms with Gasteiger partial charge in [-0.3, -0.25) is 0 Å². The quantitative estimate of drug-likeness (QED) is 0.381. The smallest absolute Gasteiger partial charge is 0.406 e. The number of hydrogen-bond acceptors (Lipinski definition) is 6. The Labute approximate surface area is 79.8 Å². The molecule has 14 heavy (non-hydrogen) atoms. The van der Waals surface area contributed by atoms with Gasteiger partial charge in [0.2, 0.25) is 0 Å². The second-order valence-corrected chi connectivity index (χ2v) is 2.63. The molecule has 7 heteroatoms. The largest absolute Gasteiger partial charge is 0.410 e. The highest BCUT2D eigenvalue weighted by Gasteiger charge is 2.14. The molecule has 10 N–H and O–H groups in total. The highest BCUT2D eigenvalue weighted by molar-refractivity contribution is 5.89. The summed E-state index contributed by atoms with van der Waals surface area (Å²) in [7, 11) is 0. The minimum atomic E-state index is -1.03. The van der Waals surface area contributed by atoms with E-state index in [2.05, 4.69) is 4.74 Å². The highest BCUT2D eigenvalue weighted by Crippen LogP contribution is 2.38. The lowest BCUT2D eigenvalue weighted by Crippen LogP contribution is -2.18. The summed E-state index contributed by atoms with van der Waals surface area (Å²) in [5, 5.41) is 0. The molecule has 0 aromatic heterocycles. The molecule has 1 aromatic carbocycles. The van der Waals surface area contributed by atoms with E-state index < -0.39 is 6.09 Å². The Morgan fingerprint density at radius 2 is 1.50 bits per heavy atom. The summed E-state index contributed by atoms with van der Waals surface area (Å²) in [5.74, 6) is -0.102. The molecule has 0 aliphatic carbocycles. The van der Waals surface area contributed by atoms with Crippen LogP contribution in [0.25, 0.3) is 0 Å². The predicted molar refractivity (Wildman–Crippen MR) is 54.3 cm³/mol. The van der Waals surface area contributed by atoms with Crippen molar-refractivity contribution in [3.63, 3.8) is 0 Å². The van der Waals surface area contributed by atoms with Gasteiger partial charge in [-0.25, -0.2) is 4.79 Å². The molecule has 0 bridgehead atoms. The summed E-state index contributed by atoms with van der Waals surface area (Å²) >= 11 is 0. The maximum atomic E-state index is 10.5. The predicted octanol–water partition coefficient (Wildman–Crippen LogP) is -0.527. The van der Waals surface area contributed by atoms with Crippen LogP contribution in [0.2, 0.25) is 0 Å². The van der Waals surface area contributed by atoms with Gasteiger partial charge >= 0.3 is 6.09 Å². The lowest BCUT2D eigenvalue weighted by molar-refractivity contribution is 0.211. The van der Waals surface area contributed by atoms with Crippen molar-refractivity contribution in [2.75, 3.05) is 22.9 Å². The molecule has 1 rings (SSSR count). The number of ether oxygens (including phenoxy) is 1. The molecule has 0 heterocycles. The first-order valence-corrected chi connectivity index (χ1v) is 3.63. The van der Waals surface area contributed by atoms with Crippen molar-refractivity contribution in [2.24, 2.45) is 5.73 Å². The fourth-order valence-corrected chi connectivity index (χ4v) is 0.941. The van der Waals surface area contributed by atoms with Gasteiger partial charge in [0, 0.05) is 0 Å². The Morgan fingerprint density at radius 1 is 1.07 bits per heavy atom. The number of nitrogen functional groups attached to an aromatic ring is 4. The van der Waals surface area contributed by atoms with Crippen LogP contribution in [-0.2, 0) is 0 Å². The van der Waals surface area contributed by atoms with Crippen molar-refractivity contribution in [3.8, 4) is 5.75 Å². The molecule has 76 valence electrons. The number of primary amides is 1. The molecule has 0 aliphatic heterocycles. The number of carbonyl (C=O) groups is 1. The third-order valence-corrected chi connectivity index (χ3v) is 1.62. The Bertz CT molecular complexity index is 364. The van der Waals surface area contributed by atoms with E-state index in [1.165, 1.54) is 6.07 Å². The van der Waals surface area contributed by atoms with E-state index in [9.17, 15) is 4.79 Å². The number of hydrogen-bond donors (Lipinski definition) is 5. The zero-order chi connectivity index (χ0) is 10.9. The van der Waals surface area contributed by atoms with Gasteiger partial charge in [-0.1, -0.05) is 0 Å². The first kappa shape index (κ1) is 9.78. The van der Waals surface area contributed by atoms with Gasteiger partial charge in [-0.2, -0.15) is 0 Å². The van der Waals surface area contributed by atoms with Crippen LogP contribution in [0.5, 0.6) is 5.75 Å². The minimum Gasteiger partial charge on any atom is -0.406 e. The van der Waals surface area contributed by atoms with Crippen LogP contribution in [0.4, 0.5) is 27.5 Å². The Kier molecular flexibility index (Phi) is 2.24. The Hall–Kier alpha value is -2.31. The Balaban J connectivity index is 3.31. The average Bonchev–Trinajstić information content (AvgIpc) is 2.09. The van der Waals surface area contributed by atoms with Crippen LogP contribution in [0, 0.1) is 0 Å². The van der Waals surface area contributed by atoms with Gasteiger partial charge in [-0.05, 0) is 6.07 Å². The van der Waals surface area contributed by atoms with Gasteiger partial charge in [-0.15, -0.1) is 0 Å². The topological polar surface area (TPSA) is 156 Å². The number of nitrogens with two attached hydrogens (primary N) is 5. The second kappa shape index (κ2) is 3.21. The zero-order valence-corrected chi connectivity index (χ0v) is 7.28. The number of rotatable bonds is 1. The zero-order valence-electron chi connectivity index (χ0n) is 7.28. The normalized spacial score (nSPS) is 9.71. The Morgan fingerprint density at radius 3 is 1.86 bits per heavy atom. The van der Waals surface area contributed by atoms with Crippen LogP contribution in [0.1, 0.15) is 0 Å². The minimum absolute atomic E-state index is 0.0375. The number of amides is 1. The van der Waals surface area contributed by atoms with E-state index in [0.717, 1.165) is 0 Å². The van der Waals surface area contributed by atoms with E-state index >= 15 is 0 Å². The molecule has 0 saturated carbocycles. The van der Waals surface area contributed by atoms with Crippen LogP contribution in [0.15, 0.2) is 6.07 Å². The molecular weight excluding hydrogens is 186 g/mol. The lowest BCUT2D eigenvalue weighted by Gasteiger charge is -2.12. The van der Waals surface area contributed by atoms with E-state index in [1.54, 1.807) is 0 Å². The monoisotopic (exact) mass is 197 g/mol. The number of anilines is 4. The van der Waals surface area contributed by atoms with Gasteiger partial charge in [0.25, 0.3) is 0 Å². The molecule has 0 atom stereocenters. The summed E-state index contributed by atoms with van der Waals surface area (Å²) in [6.07, 6.45) is -1.03. The van der Waals surface area contributed by atoms with Gasteiger partial charge in [0.05, 0.1) is 11.4 Å². The molecule has 0 radical (unpaired) electrons. The van der Waals surface area contributed by atoms with Crippen molar-refractivity contribution >= 4 is 28.8 Å². The second-order valence-electron chi connectivity index (χ2n) is 2.63. The summed E-state index contributed by atoms with van der Waals surface area (Å²) in [5.41, 5.74) is 27.2. The van der Waals surface area contributed by atoms with E-state index in [4.69, 9.17) is 28.7 Å². The summed E-state index contributed by atoms with van der Waals surface area (Å²) in [4.78, 5) is 10.5. The van der Waals surface area contributed by atoms with E-state index in [-0.39, 0.29) is 28.5 Å². The van der Waals surface area contributed by atoms with Crippen molar-refractivity contribution in [1.82, 2.24) is 0 Å². The molecular formula is C7H11N5O2. The molecule has 0 unspecified atom stereocenters. The van der Waals surface area contributed by atoms with Crippen LogP contribution in [-0.4, -0.2) is 6.09 Å².